The number of imidazole rings is 1. The molecule has 0 bridgehead atoms. The first-order valence-corrected chi connectivity index (χ1v) is 21.2. The van der Waals surface area contributed by atoms with Crippen LogP contribution in [-0.2, 0) is 42.7 Å². The van der Waals surface area contributed by atoms with E-state index in [4.69, 9.17) is 9.97 Å². The predicted octanol–water partition coefficient (Wildman–Crippen LogP) is 14.9. The number of hydrogen-bond acceptors (Lipinski definition) is 3. The summed E-state index contributed by atoms with van der Waals surface area (Å²) < 4.78 is 2.24. The third-order valence-electron chi connectivity index (χ3n) is 11.8. The first-order chi connectivity index (χ1) is 28.2. The largest absolute Gasteiger partial charge is 0.507 e. The van der Waals surface area contributed by atoms with Crippen LogP contribution >= 0.6 is 0 Å². The Labute approximate surface area is 377 Å². The van der Waals surface area contributed by atoms with Gasteiger partial charge in [-0.3, -0.25) is 9.55 Å². The minimum Gasteiger partial charge on any atom is -0.507 e. The van der Waals surface area contributed by atoms with E-state index in [1.54, 1.807) is 0 Å². The van der Waals surface area contributed by atoms with E-state index in [9.17, 15) is 5.11 Å². The van der Waals surface area contributed by atoms with Crippen LogP contribution in [0.2, 0.25) is 0 Å². The van der Waals surface area contributed by atoms with Gasteiger partial charge in [0, 0.05) is 38.5 Å². The third kappa shape index (κ3) is 8.62. The SMILES string of the molecule is CC(C)(C)c1ccc(-n2c(-c3cc(C(C)(C)C)ccc3O)nc3c(-c4[c-]c(-c5cc(C(C)(C)C)cc6cccnc56)cc(-c5ccccc5)c4)cc(C(C)(C)C)cc32)cc1.[Pt]. The number of hydrogen-bond donors (Lipinski definition) is 1. The molecular weight excluding hydrogens is 926 g/mol. The topological polar surface area (TPSA) is 50.9 Å². The number of nitrogens with zero attached hydrogens (tertiary/aromatic N) is 3. The van der Waals surface area contributed by atoms with Crippen molar-refractivity contribution in [1.82, 2.24) is 14.5 Å². The van der Waals surface area contributed by atoms with Gasteiger partial charge >= 0.3 is 0 Å². The summed E-state index contributed by atoms with van der Waals surface area (Å²) in [5.41, 5.74) is 15.0. The van der Waals surface area contributed by atoms with Crippen LogP contribution in [0.25, 0.3) is 72.4 Å². The van der Waals surface area contributed by atoms with Gasteiger partial charge in [-0.15, -0.1) is 29.3 Å². The van der Waals surface area contributed by atoms with Crippen LogP contribution in [0.4, 0.5) is 0 Å². The number of fused-ring (bicyclic) bond motifs is 2. The molecular formula is C56H58N3OPt-. The minimum absolute atomic E-state index is 0. The van der Waals surface area contributed by atoms with Crippen molar-refractivity contribution in [1.29, 1.82) is 0 Å². The Kier molecular flexibility index (Phi) is 11.4. The molecule has 0 fully saturated rings. The standard InChI is InChI=1S/C56H58N3O.Pt/c1-53(2,3)40-20-23-44(24-21-40)59-48-34-43(56(10,11)12)33-46(51(48)58-52(59)47-31-41(54(4,5)6)22-25-49(47)60)39-28-37(35-17-14-13-15-18-35)27-38(29-39)45-32-42(55(7,8)9)30-36-19-16-26-57-50(36)45;/h13-28,30-34,60H,1-12H3;/q-1;. The summed E-state index contributed by atoms with van der Waals surface area (Å²) in [6, 6.07) is 47.2. The summed E-state index contributed by atoms with van der Waals surface area (Å²) in [4.78, 5) is 10.5. The monoisotopic (exact) mass is 983 g/mol. The average molecular weight is 984 g/mol. The van der Waals surface area contributed by atoms with E-state index in [-0.39, 0.29) is 48.5 Å². The average Bonchev–Trinajstić information content (AvgIpc) is 3.58. The van der Waals surface area contributed by atoms with Crippen molar-refractivity contribution < 1.29 is 26.2 Å². The summed E-state index contributed by atoms with van der Waals surface area (Å²) in [7, 11) is 0. The van der Waals surface area contributed by atoms with E-state index >= 15 is 0 Å². The second-order valence-electron chi connectivity index (χ2n) is 20.6. The summed E-state index contributed by atoms with van der Waals surface area (Å²) in [6.45, 7) is 26.9. The van der Waals surface area contributed by atoms with Crippen LogP contribution in [0.15, 0.2) is 128 Å². The van der Waals surface area contributed by atoms with Crippen LogP contribution in [0, 0.1) is 6.07 Å². The van der Waals surface area contributed by atoms with Crippen molar-refractivity contribution in [3.8, 4) is 56.2 Å². The molecule has 0 unspecified atom stereocenters. The van der Waals surface area contributed by atoms with Crippen LogP contribution in [0.3, 0.4) is 0 Å². The molecule has 0 saturated heterocycles. The molecule has 2 heterocycles. The van der Waals surface area contributed by atoms with Gasteiger partial charge in [0.05, 0.1) is 16.6 Å². The fourth-order valence-corrected chi connectivity index (χ4v) is 8.04. The maximum absolute atomic E-state index is 11.7. The molecule has 8 rings (SSSR count). The zero-order chi connectivity index (χ0) is 42.9. The van der Waals surface area contributed by atoms with Gasteiger partial charge in [-0.05, 0) is 91.3 Å². The van der Waals surface area contributed by atoms with Crippen molar-refractivity contribution >= 4 is 21.9 Å². The fourth-order valence-electron chi connectivity index (χ4n) is 8.04. The number of phenols is 1. The van der Waals surface area contributed by atoms with Gasteiger partial charge in [-0.25, -0.2) is 4.98 Å². The van der Waals surface area contributed by atoms with Crippen LogP contribution in [-0.4, -0.2) is 19.6 Å². The molecule has 2 aromatic heterocycles. The number of benzene rings is 6. The Morgan fingerprint density at radius 3 is 1.62 bits per heavy atom. The van der Waals surface area contributed by atoms with Gasteiger partial charge in [0.15, 0.2) is 0 Å². The fraction of sp³-hybridized carbons (Fsp3) is 0.286. The number of pyridine rings is 1. The molecule has 0 spiro atoms. The summed E-state index contributed by atoms with van der Waals surface area (Å²) in [5.74, 6) is 0.887. The smallest absolute Gasteiger partial charge is 0.148 e. The molecule has 314 valence electrons. The van der Waals surface area contributed by atoms with Gasteiger partial charge in [0.1, 0.15) is 11.6 Å². The maximum Gasteiger partial charge on any atom is 0.148 e. The first kappa shape index (κ1) is 43.8. The van der Waals surface area contributed by atoms with Gasteiger partial charge in [-0.2, -0.15) is 0 Å². The van der Waals surface area contributed by atoms with Crippen molar-refractivity contribution in [3.63, 3.8) is 0 Å². The summed E-state index contributed by atoms with van der Waals surface area (Å²) >= 11 is 0. The Hall–Kier alpha value is -5.31. The summed E-state index contributed by atoms with van der Waals surface area (Å²) in [5, 5.41) is 12.8. The Balaban J connectivity index is 0.00000561. The number of aromatic nitrogens is 3. The zero-order valence-electron chi connectivity index (χ0n) is 37.7. The predicted molar refractivity (Wildman–Crippen MR) is 253 cm³/mol. The van der Waals surface area contributed by atoms with Gasteiger partial charge in [0.2, 0.25) is 0 Å². The zero-order valence-corrected chi connectivity index (χ0v) is 40.0. The molecule has 0 radical (unpaired) electrons. The van der Waals surface area contributed by atoms with Crippen molar-refractivity contribution in [2.75, 3.05) is 0 Å². The molecule has 5 heteroatoms. The van der Waals surface area contributed by atoms with Gasteiger partial charge in [-0.1, -0.05) is 173 Å². The summed E-state index contributed by atoms with van der Waals surface area (Å²) in [6.07, 6.45) is 1.88. The molecule has 1 N–H and O–H groups in total. The second kappa shape index (κ2) is 15.9. The minimum atomic E-state index is -0.191. The molecule has 0 aliphatic heterocycles. The molecule has 0 saturated carbocycles. The number of aromatic hydroxyl groups is 1. The maximum atomic E-state index is 11.7. The molecule has 4 nitrogen and oxygen atoms in total. The van der Waals surface area contributed by atoms with E-state index in [1.807, 2.05) is 24.4 Å². The van der Waals surface area contributed by atoms with Gasteiger partial charge in [0.25, 0.3) is 0 Å². The first-order valence-electron chi connectivity index (χ1n) is 21.2. The molecule has 0 aliphatic carbocycles. The molecule has 6 aromatic carbocycles. The number of rotatable bonds is 5. The molecule has 61 heavy (non-hydrogen) atoms. The Bertz CT molecular complexity index is 2890. The molecule has 8 aromatic rings. The van der Waals surface area contributed by atoms with E-state index < -0.39 is 0 Å². The third-order valence-corrected chi connectivity index (χ3v) is 11.8. The second-order valence-corrected chi connectivity index (χ2v) is 20.6. The molecule has 0 aliphatic rings. The van der Waals surface area contributed by atoms with E-state index in [0.717, 1.165) is 66.6 Å². The molecule has 0 atom stereocenters. The van der Waals surface area contributed by atoms with Gasteiger partial charge < -0.3 is 5.11 Å². The van der Waals surface area contributed by atoms with Crippen LogP contribution in [0.1, 0.15) is 105 Å². The van der Waals surface area contributed by atoms with Crippen molar-refractivity contribution in [3.05, 3.63) is 156 Å². The number of phenolic OH excluding ortho intramolecular Hbond substituents is 1. The van der Waals surface area contributed by atoms with E-state index in [1.165, 1.54) is 16.7 Å². The molecule has 0 amide bonds. The van der Waals surface area contributed by atoms with E-state index in [0.29, 0.717) is 11.4 Å². The normalized spacial score (nSPS) is 12.5. The Morgan fingerprint density at radius 2 is 1.03 bits per heavy atom. The quantitative estimate of drug-likeness (QED) is 0.175. The van der Waals surface area contributed by atoms with Crippen LogP contribution < -0.4 is 0 Å². The Morgan fingerprint density at radius 1 is 0.492 bits per heavy atom. The van der Waals surface area contributed by atoms with Crippen LogP contribution in [0.5, 0.6) is 5.75 Å². The van der Waals surface area contributed by atoms with Crippen molar-refractivity contribution in [2.24, 2.45) is 0 Å². The van der Waals surface area contributed by atoms with E-state index in [2.05, 4.69) is 197 Å². The van der Waals surface area contributed by atoms with Crippen molar-refractivity contribution in [2.45, 2.75) is 105 Å².